The highest BCUT2D eigenvalue weighted by Crippen LogP contribution is 2.08. The van der Waals surface area contributed by atoms with E-state index < -0.39 is 6.10 Å². The Bertz CT molecular complexity index is 343. The first-order valence-electron chi connectivity index (χ1n) is 8.44. The summed E-state index contributed by atoms with van der Waals surface area (Å²) in [7, 11) is 1.44. The van der Waals surface area contributed by atoms with Crippen LogP contribution in [-0.4, -0.2) is 24.3 Å². The van der Waals surface area contributed by atoms with Gasteiger partial charge < -0.3 is 9.84 Å². The third kappa shape index (κ3) is 15.0. The third-order valence-electron chi connectivity index (χ3n) is 3.32. The fourth-order valence-corrected chi connectivity index (χ4v) is 2.01. The van der Waals surface area contributed by atoms with E-state index in [0.717, 1.165) is 32.1 Å². The highest BCUT2D eigenvalue weighted by molar-refractivity contribution is 5.68. The van der Waals surface area contributed by atoms with Crippen molar-refractivity contribution in [2.24, 2.45) is 0 Å². The minimum absolute atomic E-state index is 0.105. The first-order valence-corrected chi connectivity index (χ1v) is 8.44. The minimum Gasteiger partial charge on any atom is -0.469 e. The number of ether oxygens (including phenoxy) is 1. The van der Waals surface area contributed by atoms with Crippen molar-refractivity contribution in [3.8, 4) is 0 Å². The van der Waals surface area contributed by atoms with Crippen molar-refractivity contribution in [3.05, 3.63) is 36.5 Å². The summed E-state index contributed by atoms with van der Waals surface area (Å²) in [6, 6.07) is 0. The van der Waals surface area contributed by atoms with Gasteiger partial charge in [0.15, 0.2) is 0 Å². The number of hydrogen-bond acceptors (Lipinski definition) is 3. The van der Waals surface area contributed by atoms with E-state index in [1.165, 1.54) is 26.4 Å². The molecule has 22 heavy (non-hydrogen) atoms. The number of allylic oxidation sites excluding steroid dienone is 4. The second kappa shape index (κ2) is 16.0. The van der Waals surface area contributed by atoms with Crippen molar-refractivity contribution in [2.75, 3.05) is 7.11 Å². The highest BCUT2D eigenvalue weighted by atomic mass is 16.7. The van der Waals surface area contributed by atoms with Crippen LogP contribution in [0.25, 0.3) is 0 Å². The van der Waals surface area contributed by atoms with Crippen LogP contribution in [0.3, 0.4) is 0 Å². The zero-order valence-electron chi connectivity index (χ0n) is 14.2. The number of hydrogen-bond donors (Lipinski definition) is 1. The second-order valence-corrected chi connectivity index (χ2v) is 5.34. The molecule has 1 atom stereocenters. The molecule has 0 fully saturated rings. The number of carbonyl (C=O) groups is 1. The molecule has 0 aliphatic heterocycles. The molecule has 0 bridgehead atoms. The zero-order valence-corrected chi connectivity index (χ0v) is 14.2. The van der Waals surface area contributed by atoms with Gasteiger partial charge >= 0.3 is 5.97 Å². The van der Waals surface area contributed by atoms with Crippen molar-refractivity contribution in [1.82, 2.24) is 0 Å². The molecule has 3 nitrogen and oxygen atoms in total. The van der Waals surface area contributed by atoms with Gasteiger partial charge in [0.25, 0.3) is 0 Å². The molecule has 0 unspecified atom stereocenters. The van der Waals surface area contributed by atoms with E-state index in [-0.39, 0.29) is 5.97 Å². The largest absolute Gasteiger partial charge is 0.469 e. The Morgan fingerprint density at radius 2 is 1.68 bits per heavy atom. The van der Waals surface area contributed by atoms with Crippen LogP contribution >= 0.6 is 0 Å². The maximum Gasteiger partial charge on any atom is 0.305 e. The molecule has 0 saturated carbocycles. The smallest absolute Gasteiger partial charge is 0.305 e. The Morgan fingerprint density at radius 3 is 2.41 bits per heavy atom. The second-order valence-electron chi connectivity index (χ2n) is 5.34. The zero-order chi connectivity index (χ0) is 16.5. The van der Waals surface area contributed by atoms with Gasteiger partial charge in [0, 0.05) is 6.42 Å². The van der Waals surface area contributed by atoms with Gasteiger partial charge in [-0.15, -0.1) is 0 Å². The molecule has 1 N–H and O–H groups in total. The van der Waals surface area contributed by atoms with Gasteiger partial charge in [0.2, 0.25) is 0 Å². The molecular weight excluding hydrogens is 278 g/mol. The first-order chi connectivity index (χ1) is 10.7. The molecule has 0 heterocycles. The summed E-state index contributed by atoms with van der Waals surface area (Å²) < 4.78 is 4.60. The van der Waals surface area contributed by atoms with E-state index in [1.807, 2.05) is 18.2 Å². The van der Waals surface area contributed by atoms with Crippen LogP contribution in [0, 0.1) is 0 Å². The Morgan fingerprint density at radius 1 is 1.00 bits per heavy atom. The predicted molar refractivity (Wildman–Crippen MR) is 92.7 cm³/mol. The molecule has 0 rings (SSSR count). The average molecular weight is 310 g/mol. The van der Waals surface area contributed by atoms with Crippen molar-refractivity contribution in [2.45, 2.75) is 70.8 Å². The molecule has 0 aromatic heterocycles. The third-order valence-corrected chi connectivity index (χ3v) is 3.32. The lowest BCUT2D eigenvalue weighted by molar-refractivity contribution is -0.140. The summed E-state index contributed by atoms with van der Waals surface area (Å²) in [5, 5.41) is 9.55. The van der Waals surface area contributed by atoms with Crippen molar-refractivity contribution in [3.63, 3.8) is 0 Å². The molecule has 3 heteroatoms. The SMILES string of the molecule is CC/C=C\[C@@H](O)/C=C\C/C=C\CCCCCCC[14C](=O)OC. The maximum atomic E-state index is 10.9. The van der Waals surface area contributed by atoms with Gasteiger partial charge in [-0.3, -0.25) is 4.79 Å². The summed E-state index contributed by atoms with van der Waals surface area (Å²) >= 11 is 0. The molecule has 0 radical (unpaired) electrons. The van der Waals surface area contributed by atoms with Gasteiger partial charge in [-0.1, -0.05) is 62.6 Å². The molecule has 0 aliphatic carbocycles. The van der Waals surface area contributed by atoms with E-state index in [1.54, 1.807) is 6.08 Å². The van der Waals surface area contributed by atoms with Crippen LogP contribution in [0.2, 0.25) is 0 Å². The average Bonchev–Trinajstić information content (AvgIpc) is 2.53. The van der Waals surface area contributed by atoms with Crippen molar-refractivity contribution in [1.29, 1.82) is 0 Å². The number of methoxy groups -OCH3 is 1. The quantitative estimate of drug-likeness (QED) is 0.304. The highest BCUT2D eigenvalue weighted by Gasteiger charge is 1.98. The van der Waals surface area contributed by atoms with E-state index in [9.17, 15) is 9.90 Å². The summed E-state index contributed by atoms with van der Waals surface area (Å²) in [5.74, 6) is -0.105. The Labute approximate surface area is 135 Å². The molecular formula is C19H32O3. The van der Waals surface area contributed by atoms with Crippen LogP contribution in [0.15, 0.2) is 36.5 Å². The van der Waals surface area contributed by atoms with Crippen LogP contribution in [-0.2, 0) is 9.53 Å². The summed E-state index contributed by atoms with van der Waals surface area (Å²) in [6.45, 7) is 2.05. The van der Waals surface area contributed by atoms with Gasteiger partial charge in [-0.05, 0) is 32.1 Å². The van der Waals surface area contributed by atoms with Crippen LogP contribution < -0.4 is 0 Å². The number of carbonyl (C=O) groups excluding carboxylic acids is 1. The van der Waals surface area contributed by atoms with E-state index in [4.69, 9.17) is 0 Å². The fraction of sp³-hybridized carbons (Fsp3) is 0.632. The van der Waals surface area contributed by atoms with Crippen molar-refractivity contribution >= 4 is 5.97 Å². The monoisotopic (exact) mass is 310 g/mol. The molecule has 0 aromatic carbocycles. The molecule has 0 saturated heterocycles. The Balaban J connectivity index is 3.39. The lowest BCUT2D eigenvalue weighted by Gasteiger charge is -2.00. The normalized spacial score (nSPS) is 13.4. The molecule has 0 spiro atoms. The van der Waals surface area contributed by atoms with E-state index in [0.29, 0.717) is 6.42 Å². The number of esters is 1. The Hall–Kier alpha value is -1.35. The summed E-state index contributed by atoms with van der Waals surface area (Å²) in [5.41, 5.74) is 0. The van der Waals surface area contributed by atoms with Gasteiger partial charge in [0.05, 0.1) is 13.2 Å². The minimum atomic E-state index is -0.460. The number of aliphatic hydroxyl groups is 1. The van der Waals surface area contributed by atoms with E-state index in [2.05, 4.69) is 23.8 Å². The molecule has 0 amide bonds. The summed E-state index contributed by atoms with van der Waals surface area (Å²) in [4.78, 5) is 10.9. The standard InChI is InChI=1S/C19H32O3/c1-3-4-15-18(20)16-13-11-9-7-5-6-8-10-12-14-17-19(21)22-2/h4,7,9,13,15-16,18,20H,3,5-6,8,10-12,14,17H2,1-2H3/b9-7-,15-4-,16-13-/t18-/m1/s1/i19+2. The van der Waals surface area contributed by atoms with Gasteiger partial charge in [-0.25, -0.2) is 0 Å². The molecule has 0 aromatic rings. The van der Waals surface area contributed by atoms with Crippen LogP contribution in [0.1, 0.15) is 64.7 Å². The maximum absolute atomic E-state index is 10.9. The van der Waals surface area contributed by atoms with Crippen molar-refractivity contribution < 1.29 is 14.6 Å². The van der Waals surface area contributed by atoms with Crippen LogP contribution in [0.5, 0.6) is 0 Å². The fourth-order valence-electron chi connectivity index (χ4n) is 2.01. The van der Waals surface area contributed by atoms with Gasteiger partial charge in [-0.2, -0.15) is 0 Å². The number of unbranched alkanes of at least 4 members (excludes halogenated alkanes) is 5. The Kier molecular flexibility index (Phi) is 15.0. The van der Waals surface area contributed by atoms with Gasteiger partial charge in [0.1, 0.15) is 0 Å². The topological polar surface area (TPSA) is 46.5 Å². The van der Waals surface area contributed by atoms with E-state index >= 15 is 0 Å². The van der Waals surface area contributed by atoms with Crippen LogP contribution in [0.4, 0.5) is 0 Å². The molecule has 126 valence electrons. The predicted octanol–water partition coefficient (Wildman–Crippen LogP) is 4.72. The lowest BCUT2D eigenvalue weighted by atomic mass is 10.1. The lowest BCUT2D eigenvalue weighted by Crippen LogP contribution is -1.98. The summed E-state index contributed by atoms with van der Waals surface area (Å²) in [6.07, 6.45) is 20.6. The number of rotatable bonds is 13. The first kappa shape index (κ1) is 20.6. The number of aliphatic hydroxyl groups excluding tert-OH is 1. The molecule has 0 aliphatic rings.